The molecule has 5 rings (SSSR count). The number of thioether (sulfide) groups is 1. The van der Waals surface area contributed by atoms with Gasteiger partial charge < -0.3 is 15.0 Å². The molecule has 40 heavy (non-hydrogen) atoms. The molecule has 1 aliphatic heterocycles. The molecule has 0 radical (unpaired) electrons. The minimum atomic E-state index is -0.397. The highest BCUT2D eigenvalue weighted by Gasteiger charge is 2.23. The number of hydrogen-bond acceptors (Lipinski definition) is 6. The largest absolute Gasteiger partial charge is 0.378 e. The van der Waals surface area contributed by atoms with Crippen LogP contribution in [0.2, 0.25) is 0 Å². The van der Waals surface area contributed by atoms with Crippen molar-refractivity contribution in [2.45, 2.75) is 50.1 Å². The van der Waals surface area contributed by atoms with E-state index < -0.39 is 5.25 Å². The van der Waals surface area contributed by atoms with Crippen LogP contribution in [0.5, 0.6) is 0 Å². The number of carbonyl (C=O) groups excluding carboxylic acids is 1. The van der Waals surface area contributed by atoms with Gasteiger partial charge in [-0.1, -0.05) is 68.1 Å². The number of morpholine rings is 1. The number of nitrogens with zero attached hydrogens (tertiary/aromatic N) is 3. The van der Waals surface area contributed by atoms with Crippen molar-refractivity contribution in [3.63, 3.8) is 0 Å². The Morgan fingerprint density at radius 1 is 1.00 bits per heavy atom. The predicted octanol–water partition coefficient (Wildman–Crippen LogP) is 5.55. The van der Waals surface area contributed by atoms with Crippen molar-refractivity contribution < 1.29 is 9.53 Å². The second-order valence-corrected chi connectivity index (χ2v) is 11.1. The lowest BCUT2D eigenvalue weighted by Crippen LogP contribution is -2.36. The van der Waals surface area contributed by atoms with Crippen LogP contribution in [0.25, 0.3) is 10.9 Å². The minimum Gasteiger partial charge on any atom is -0.378 e. The summed E-state index contributed by atoms with van der Waals surface area (Å²) in [6.07, 6.45) is 2.24. The Morgan fingerprint density at radius 2 is 1.75 bits per heavy atom. The van der Waals surface area contributed by atoms with Crippen LogP contribution in [0.4, 0.5) is 11.4 Å². The first-order valence-electron chi connectivity index (χ1n) is 14.0. The summed E-state index contributed by atoms with van der Waals surface area (Å²) in [6.45, 7) is 7.51. The standard InChI is InChI=1S/C32H36N4O3S/c1-3-23-10-12-25(13-11-23)33-30(37)29(4-2)40-32-34-28-15-14-26(35-18-20-39-21-19-35)22-27(28)31(38)36(32)17-16-24-8-6-5-7-9-24/h5-15,22,29H,3-4,16-21H2,1-2H3,(H,33,37). The molecule has 8 heteroatoms. The molecular formula is C32H36N4O3S. The maximum Gasteiger partial charge on any atom is 0.262 e. The molecule has 0 saturated carbocycles. The van der Waals surface area contributed by atoms with E-state index in [2.05, 4.69) is 29.3 Å². The molecular weight excluding hydrogens is 520 g/mol. The molecule has 1 N–H and O–H groups in total. The van der Waals surface area contributed by atoms with Gasteiger partial charge in [-0.15, -0.1) is 0 Å². The van der Waals surface area contributed by atoms with Gasteiger partial charge in [0.15, 0.2) is 5.16 Å². The second kappa shape index (κ2) is 13.2. The number of carbonyl (C=O) groups is 1. The molecule has 1 saturated heterocycles. The molecule has 1 aliphatic rings. The molecule has 1 atom stereocenters. The van der Waals surface area contributed by atoms with Crippen molar-refractivity contribution >= 4 is 39.9 Å². The second-order valence-electron chi connectivity index (χ2n) is 9.94. The van der Waals surface area contributed by atoms with Crippen LogP contribution in [0, 0.1) is 0 Å². The number of amides is 1. The molecule has 0 bridgehead atoms. The number of ether oxygens (including phenoxy) is 1. The molecule has 4 aromatic rings. The Kier molecular flexibility index (Phi) is 9.19. The zero-order chi connectivity index (χ0) is 27.9. The van der Waals surface area contributed by atoms with E-state index in [4.69, 9.17) is 9.72 Å². The van der Waals surface area contributed by atoms with Gasteiger partial charge in [-0.3, -0.25) is 14.2 Å². The number of hydrogen-bond donors (Lipinski definition) is 1. The van der Waals surface area contributed by atoms with Crippen LogP contribution >= 0.6 is 11.8 Å². The topological polar surface area (TPSA) is 76.5 Å². The van der Waals surface area contributed by atoms with Gasteiger partial charge in [0.1, 0.15) is 0 Å². The lowest BCUT2D eigenvalue weighted by Gasteiger charge is -2.29. The summed E-state index contributed by atoms with van der Waals surface area (Å²) in [5.41, 5.74) is 4.70. The fourth-order valence-corrected chi connectivity index (χ4v) is 5.92. The number of anilines is 2. The molecule has 0 aliphatic carbocycles. The summed E-state index contributed by atoms with van der Waals surface area (Å²) >= 11 is 1.36. The van der Waals surface area contributed by atoms with Gasteiger partial charge in [-0.25, -0.2) is 4.98 Å². The maximum atomic E-state index is 14.0. The predicted molar refractivity (Wildman–Crippen MR) is 164 cm³/mol. The van der Waals surface area contributed by atoms with Crippen molar-refractivity contribution in [3.05, 3.63) is 94.3 Å². The van der Waals surface area contributed by atoms with Gasteiger partial charge in [0, 0.05) is 31.0 Å². The van der Waals surface area contributed by atoms with Crippen LogP contribution in [-0.4, -0.2) is 47.0 Å². The molecule has 208 valence electrons. The Bertz CT molecular complexity index is 1500. The molecule has 2 heterocycles. The lowest BCUT2D eigenvalue weighted by molar-refractivity contribution is -0.115. The average molecular weight is 557 g/mol. The molecule has 1 aromatic heterocycles. The van der Waals surface area contributed by atoms with Crippen LogP contribution in [0.3, 0.4) is 0 Å². The zero-order valence-electron chi connectivity index (χ0n) is 23.1. The molecule has 3 aromatic carbocycles. The SMILES string of the molecule is CCc1ccc(NC(=O)C(CC)Sc2nc3ccc(N4CCOCC4)cc3c(=O)n2CCc2ccccc2)cc1. The summed E-state index contributed by atoms with van der Waals surface area (Å²) in [5, 5.41) is 3.81. The smallest absolute Gasteiger partial charge is 0.262 e. The Hall–Kier alpha value is -3.62. The normalized spacial score (nSPS) is 14.3. The quantitative estimate of drug-likeness (QED) is 0.204. The minimum absolute atomic E-state index is 0.0797. The van der Waals surface area contributed by atoms with Crippen molar-refractivity contribution in [1.29, 1.82) is 0 Å². The van der Waals surface area contributed by atoms with Gasteiger partial charge >= 0.3 is 0 Å². The van der Waals surface area contributed by atoms with Crippen LogP contribution in [-0.2, 0) is 28.9 Å². The Morgan fingerprint density at radius 3 is 2.45 bits per heavy atom. The van der Waals surface area contributed by atoms with E-state index >= 15 is 0 Å². The summed E-state index contributed by atoms with van der Waals surface area (Å²) < 4.78 is 7.25. The van der Waals surface area contributed by atoms with Gasteiger partial charge in [0.25, 0.3) is 5.56 Å². The number of aromatic nitrogens is 2. The van der Waals surface area contributed by atoms with E-state index in [-0.39, 0.29) is 11.5 Å². The van der Waals surface area contributed by atoms with Gasteiger partial charge in [0.05, 0.1) is 29.4 Å². The molecule has 1 fully saturated rings. The number of rotatable bonds is 10. The van der Waals surface area contributed by atoms with Crippen molar-refractivity contribution in [2.75, 3.05) is 36.5 Å². The van der Waals surface area contributed by atoms with E-state index in [1.54, 1.807) is 4.57 Å². The number of aryl methyl sites for hydroxylation is 2. The van der Waals surface area contributed by atoms with Crippen molar-refractivity contribution in [1.82, 2.24) is 9.55 Å². The number of fused-ring (bicyclic) bond motifs is 1. The molecule has 7 nitrogen and oxygen atoms in total. The van der Waals surface area contributed by atoms with E-state index in [0.29, 0.717) is 48.7 Å². The van der Waals surface area contributed by atoms with Crippen LogP contribution in [0.15, 0.2) is 82.7 Å². The first-order chi connectivity index (χ1) is 19.6. The Balaban J connectivity index is 1.46. The summed E-state index contributed by atoms with van der Waals surface area (Å²) in [7, 11) is 0. The fraction of sp³-hybridized carbons (Fsp3) is 0.344. The average Bonchev–Trinajstić information content (AvgIpc) is 3.00. The number of nitrogens with one attached hydrogen (secondary N) is 1. The van der Waals surface area contributed by atoms with E-state index in [1.165, 1.54) is 17.3 Å². The highest BCUT2D eigenvalue weighted by Crippen LogP contribution is 2.28. The van der Waals surface area contributed by atoms with Gasteiger partial charge in [-0.2, -0.15) is 0 Å². The van der Waals surface area contributed by atoms with Crippen molar-refractivity contribution in [3.8, 4) is 0 Å². The van der Waals surface area contributed by atoms with E-state index in [0.717, 1.165) is 36.4 Å². The highest BCUT2D eigenvalue weighted by molar-refractivity contribution is 8.00. The third-order valence-electron chi connectivity index (χ3n) is 7.29. The third kappa shape index (κ3) is 6.57. The Labute approximate surface area is 239 Å². The van der Waals surface area contributed by atoms with Crippen LogP contribution < -0.4 is 15.8 Å². The van der Waals surface area contributed by atoms with Gasteiger partial charge in [-0.05, 0) is 60.7 Å². The third-order valence-corrected chi connectivity index (χ3v) is 8.64. The first-order valence-corrected chi connectivity index (χ1v) is 14.9. The zero-order valence-corrected chi connectivity index (χ0v) is 24.0. The fourth-order valence-electron chi connectivity index (χ4n) is 4.88. The van der Waals surface area contributed by atoms with Crippen LogP contribution in [0.1, 0.15) is 31.4 Å². The van der Waals surface area contributed by atoms with E-state index in [9.17, 15) is 9.59 Å². The lowest BCUT2D eigenvalue weighted by atomic mass is 10.1. The van der Waals surface area contributed by atoms with Crippen molar-refractivity contribution in [2.24, 2.45) is 0 Å². The molecule has 1 amide bonds. The first kappa shape index (κ1) is 27.9. The molecule has 1 unspecified atom stereocenters. The molecule has 0 spiro atoms. The summed E-state index contributed by atoms with van der Waals surface area (Å²) in [5.74, 6) is -0.0941. The van der Waals surface area contributed by atoms with E-state index in [1.807, 2.05) is 67.6 Å². The summed E-state index contributed by atoms with van der Waals surface area (Å²) in [4.78, 5) is 34.4. The summed E-state index contributed by atoms with van der Waals surface area (Å²) in [6, 6.07) is 23.9. The monoisotopic (exact) mass is 556 g/mol. The van der Waals surface area contributed by atoms with Gasteiger partial charge in [0.2, 0.25) is 5.91 Å². The number of benzene rings is 3. The maximum absolute atomic E-state index is 14.0. The highest BCUT2D eigenvalue weighted by atomic mass is 32.2.